The van der Waals surface area contributed by atoms with Gasteiger partial charge in [-0.25, -0.2) is 19.6 Å². The highest BCUT2D eigenvalue weighted by molar-refractivity contribution is 5.71. The van der Waals surface area contributed by atoms with E-state index in [1.54, 1.807) is 0 Å². The lowest BCUT2D eigenvalue weighted by Gasteiger charge is -2.36. The van der Waals surface area contributed by atoms with Crippen LogP contribution in [0.15, 0.2) is 134 Å². The van der Waals surface area contributed by atoms with Crippen LogP contribution in [0.25, 0.3) is 22.5 Å². The molecule has 0 bridgehead atoms. The summed E-state index contributed by atoms with van der Waals surface area (Å²) in [5, 5.41) is 0. The number of aromatic nitrogens is 4. The van der Waals surface area contributed by atoms with Gasteiger partial charge in [0.05, 0.1) is 36.6 Å². The summed E-state index contributed by atoms with van der Waals surface area (Å²) in [7, 11) is 0. The lowest BCUT2D eigenvalue weighted by molar-refractivity contribution is 0.103. The number of carbonyl (C=O) groups is 2. The van der Waals surface area contributed by atoms with Gasteiger partial charge in [0, 0.05) is 36.6 Å². The molecule has 2 aliphatic heterocycles. The highest BCUT2D eigenvalue weighted by atomic mass is 16.6. The number of cyclic esters (lactones) is 2. The Morgan fingerprint density at radius 2 is 0.875 bits per heavy atom. The third kappa shape index (κ3) is 10.9. The van der Waals surface area contributed by atoms with Gasteiger partial charge in [-0.2, -0.15) is 0 Å². The molecule has 336 valence electrons. The van der Waals surface area contributed by atoms with E-state index in [1.165, 1.54) is 11.1 Å². The van der Waals surface area contributed by atoms with Gasteiger partial charge in [0.1, 0.15) is 23.9 Å². The Kier molecular flexibility index (Phi) is 14.4. The van der Waals surface area contributed by atoms with E-state index < -0.39 is 0 Å². The zero-order valence-corrected chi connectivity index (χ0v) is 38.1. The molecule has 4 N–H and O–H groups in total. The molecule has 2 aliphatic rings. The van der Waals surface area contributed by atoms with Crippen LogP contribution < -0.4 is 11.5 Å². The van der Waals surface area contributed by atoms with Crippen molar-refractivity contribution in [3.05, 3.63) is 156 Å². The minimum Gasteiger partial charge on any atom is -0.444 e. The fraction of sp³-hybridized carbons (Fsp3) is 0.385. The molecule has 2 fully saturated rings. The number of hydrogen-bond donors (Lipinski definition) is 2. The van der Waals surface area contributed by atoms with Crippen LogP contribution in [0.2, 0.25) is 0 Å². The molecule has 64 heavy (non-hydrogen) atoms. The van der Waals surface area contributed by atoms with Crippen molar-refractivity contribution < 1.29 is 19.1 Å². The predicted octanol–water partition coefficient (Wildman–Crippen LogP) is 9.71. The van der Waals surface area contributed by atoms with Gasteiger partial charge in [-0.1, -0.05) is 163 Å². The van der Waals surface area contributed by atoms with Crippen LogP contribution in [0, 0.1) is 10.8 Å². The molecule has 0 aliphatic carbocycles. The van der Waals surface area contributed by atoms with Crippen molar-refractivity contribution in [2.45, 2.75) is 91.8 Å². The molecule has 6 aromatic rings. The van der Waals surface area contributed by atoms with E-state index in [4.69, 9.17) is 30.9 Å². The first kappa shape index (κ1) is 45.8. The molecule has 4 atom stereocenters. The second kappa shape index (κ2) is 20.1. The van der Waals surface area contributed by atoms with Crippen LogP contribution in [0.3, 0.4) is 0 Å². The molecule has 8 rings (SSSR count). The summed E-state index contributed by atoms with van der Waals surface area (Å²) in [5.41, 5.74) is 17.2. The summed E-state index contributed by atoms with van der Waals surface area (Å²) < 4.78 is 15.6. The summed E-state index contributed by atoms with van der Waals surface area (Å²) in [5.74, 6) is 1.73. The van der Waals surface area contributed by atoms with E-state index in [2.05, 4.69) is 112 Å². The number of amides is 2. The second-order valence-electron chi connectivity index (χ2n) is 18.9. The molecular formula is C52H64N8O4. The van der Waals surface area contributed by atoms with Gasteiger partial charge in [0.25, 0.3) is 0 Å². The zero-order valence-electron chi connectivity index (χ0n) is 38.1. The van der Waals surface area contributed by atoms with Crippen molar-refractivity contribution in [1.82, 2.24) is 28.9 Å². The third-order valence-corrected chi connectivity index (χ3v) is 11.7. The number of nitrogens with two attached hydrogens (primary N) is 2. The fourth-order valence-corrected chi connectivity index (χ4v) is 8.77. The summed E-state index contributed by atoms with van der Waals surface area (Å²) in [6.07, 6.45) is 4.56. The zero-order chi connectivity index (χ0) is 45.4. The van der Waals surface area contributed by atoms with Crippen LogP contribution >= 0.6 is 0 Å². The maximum Gasteiger partial charge on any atom is 0.410 e. The van der Waals surface area contributed by atoms with Crippen LogP contribution in [0.1, 0.15) is 89.2 Å². The summed E-state index contributed by atoms with van der Waals surface area (Å²) in [6, 6.07) is 40.5. The van der Waals surface area contributed by atoms with Gasteiger partial charge >= 0.3 is 12.2 Å². The molecule has 4 heterocycles. The highest BCUT2D eigenvalue weighted by Gasteiger charge is 2.45. The highest BCUT2D eigenvalue weighted by Crippen LogP contribution is 2.43. The van der Waals surface area contributed by atoms with Gasteiger partial charge in [-0.15, -0.1) is 0 Å². The number of hydrogen-bond acceptors (Lipinski definition) is 8. The first-order valence-corrected chi connectivity index (χ1v) is 22.4. The maximum absolute atomic E-state index is 12.9. The monoisotopic (exact) mass is 865 g/mol. The molecule has 2 aromatic heterocycles. The van der Waals surface area contributed by atoms with Gasteiger partial charge < -0.3 is 30.1 Å². The SMILES string of the molecule is CC(C)(C)[C@H](c1nc(-c2ccccc2)cn1Cc1ccccc1)N1C[C@@H](CCN)OC1=O.CC(C)(C)[C@H](c1nc(-c2ccccc2)cn1Cc1ccccc1)N1C[C@H](CCN)OC1=O. The first-order valence-electron chi connectivity index (χ1n) is 22.4. The largest absolute Gasteiger partial charge is 0.444 e. The number of rotatable bonds is 14. The lowest BCUT2D eigenvalue weighted by atomic mass is 9.85. The van der Waals surface area contributed by atoms with E-state index in [0.717, 1.165) is 34.2 Å². The summed E-state index contributed by atoms with van der Waals surface area (Å²) in [4.78, 5) is 39.6. The minimum absolute atomic E-state index is 0.177. The van der Waals surface area contributed by atoms with Gasteiger partial charge in [0.2, 0.25) is 0 Å². The molecule has 2 amide bonds. The van der Waals surface area contributed by atoms with E-state index in [0.29, 0.717) is 52.1 Å². The van der Waals surface area contributed by atoms with Crippen molar-refractivity contribution in [2.24, 2.45) is 22.3 Å². The number of benzene rings is 4. The van der Waals surface area contributed by atoms with Crippen LogP contribution in [0.4, 0.5) is 9.59 Å². The lowest BCUT2D eigenvalue weighted by Crippen LogP contribution is -2.39. The van der Waals surface area contributed by atoms with E-state index in [9.17, 15) is 9.59 Å². The van der Waals surface area contributed by atoms with Crippen molar-refractivity contribution >= 4 is 12.2 Å². The topological polar surface area (TPSA) is 147 Å². The third-order valence-electron chi connectivity index (χ3n) is 11.7. The Morgan fingerprint density at radius 3 is 1.19 bits per heavy atom. The van der Waals surface area contributed by atoms with Crippen molar-refractivity contribution in [1.29, 1.82) is 0 Å². The molecule has 12 nitrogen and oxygen atoms in total. The fourth-order valence-electron chi connectivity index (χ4n) is 8.77. The molecule has 0 saturated carbocycles. The number of ether oxygens (including phenoxy) is 2. The Hall–Kier alpha value is -6.24. The number of carbonyl (C=O) groups excluding carboxylic acids is 2. The molecule has 2 saturated heterocycles. The Labute approximate surface area is 378 Å². The standard InChI is InChI=1S/2C26H32N4O2/c2*1-26(2,3)23(30-17-21(14-15-27)32-25(30)31)24-28-22(20-12-8-5-9-13-20)18-29(24)16-19-10-6-4-7-11-19/h2*4-13,18,21,23H,14-17,27H2,1-3H3/t21-,23+;21-,23-/m10/s1. The smallest absolute Gasteiger partial charge is 0.410 e. The molecular weight excluding hydrogens is 801 g/mol. The molecule has 4 aromatic carbocycles. The Bertz CT molecular complexity index is 2250. The summed E-state index contributed by atoms with van der Waals surface area (Å²) >= 11 is 0. The van der Waals surface area contributed by atoms with Crippen LogP contribution in [0.5, 0.6) is 0 Å². The Morgan fingerprint density at radius 1 is 0.547 bits per heavy atom. The van der Waals surface area contributed by atoms with Gasteiger partial charge in [-0.05, 0) is 47.9 Å². The predicted molar refractivity (Wildman–Crippen MR) is 252 cm³/mol. The summed E-state index contributed by atoms with van der Waals surface area (Å²) in [6.45, 7) is 16.3. The van der Waals surface area contributed by atoms with Gasteiger partial charge in [0.15, 0.2) is 0 Å². The van der Waals surface area contributed by atoms with Gasteiger partial charge in [-0.3, -0.25) is 9.80 Å². The van der Waals surface area contributed by atoms with E-state index in [-0.39, 0.29) is 47.3 Å². The van der Waals surface area contributed by atoms with Crippen molar-refractivity contribution in [2.75, 3.05) is 26.2 Å². The molecule has 0 spiro atoms. The van der Waals surface area contributed by atoms with E-state index >= 15 is 0 Å². The molecule has 0 unspecified atom stereocenters. The number of nitrogens with zero attached hydrogens (tertiary/aromatic N) is 6. The van der Waals surface area contributed by atoms with Crippen LogP contribution in [-0.4, -0.2) is 79.5 Å². The quantitative estimate of drug-likeness (QED) is 0.110. The maximum atomic E-state index is 12.9. The average molecular weight is 865 g/mol. The average Bonchev–Trinajstić information content (AvgIpc) is 4.05. The molecule has 12 heteroatoms. The van der Waals surface area contributed by atoms with Crippen molar-refractivity contribution in [3.8, 4) is 22.5 Å². The van der Waals surface area contributed by atoms with Crippen LogP contribution in [-0.2, 0) is 22.6 Å². The normalized spacial score (nSPS) is 17.4. The minimum atomic E-state index is -0.293. The number of imidazole rings is 2. The Balaban J connectivity index is 0.000000191. The molecule has 0 radical (unpaired) electrons. The first-order chi connectivity index (χ1) is 30.7. The van der Waals surface area contributed by atoms with E-state index in [1.807, 2.05) is 82.6 Å². The second-order valence-corrected chi connectivity index (χ2v) is 18.9. The van der Waals surface area contributed by atoms with Crippen molar-refractivity contribution in [3.63, 3.8) is 0 Å².